The smallest absolute Gasteiger partial charge is 0.263 e. The van der Waals surface area contributed by atoms with Crippen molar-refractivity contribution < 1.29 is 8.42 Å². The van der Waals surface area contributed by atoms with E-state index in [1.165, 1.54) is 6.07 Å². The summed E-state index contributed by atoms with van der Waals surface area (Å²) in [5.74, 6) is 0. The average molecular weight is 499 g/mol. The quantitative estimate of drug-likeness (QED) is 0.604. The van der Waals surface area contributed by atoms with Gasteiger partial charge in [-0.15, -0.1) is 0 Å². The lowest BCUT2D eigenvalue weighted by atomic mass is 10.2. The van der Waals surface area contributed by atoms with Crippen molar-refractivity contribution in [2.45, 2.75) is 11.8 Å². The molecule has 3 N–H and O–H groups in total. The van der Waals surface area contributed by atoms with Gasteiger partial charge in [-0.25, -0.2) is 8.42 Å². The fourth-order valence-electron chi connectivity index (χ4n) is 1.65. The number of aryl methyl sites for hydroxylation is 1. The molecule has 2 aromatic carbocycles. The minimum Gasteiger partial charge on any atom is -0.398 e. The maximum Gasteiger partial charge on any atom is 0.263 e. The Hall–Kier alpha value is -0.570. The van der Waals surface area contributed by atoms with Crippen molar-refractivity contribution in [2.75, 3.05) is 10.5 Å². The van der Waals surface area contributed by atoms with E-state index in [-0.39, 0.29) is 4.90 Å². The van der Waals surface area contributed by atoms with Gasteiger partial charge in [-0.3, -0.25) is 4.72 Å². The van der Waals surface area contributed by atoms with Gasteiger partial charge in [0, 0.05) is 19.1 Å². The third-order valence-electron chi connectivity index (χ3n) is 2.78. The normalized spacial score (nSPS) is 11.4. The lowest BCUT2D eigenvalue weighted by Gasteiger charge is -2.13. The molecule has 0 spiro atoms. The molecule has 0 unspecified atom stereocenters. The summed E-state index contributed by atoms with van der Waals surface area (Å²) < 4.78 is 29.3. The molecule has 8 heteroatoms. The van der Waals surface area contributed by atoms with Gasteiger partial charge in [0.15, 0.2) is 0 Å². The molecule has 2 rings (SSSR count). The molecule has 0 saturated heterocycles. The van der Waals surface area contributed by atoms with E-state index in [9.17, 15) is 8.42 Å². The van der Waals surface area contributed by atoms with Gasteiger partial charge in [0.2, 0.25) is 0 Å². The predicted octanol–water partition coefficient (Wildman–Crippen LogP) is 4.67. The van der Waals surface area contributed by atoms with Crippen LogP contribution in [0.2, 0.25) is 0 Å². The van der Waals surface area contributed by atoms with Crippen LogP contribution in [0.1, 0.15) is 5.56 Å². The highest BCUT2D eigenvalue weighted by Crippen LogP contribution is 2.32. The number of rotatable bonds is 3. The van der Waals surface area contributed by atoms with Gasteiger partial charge in [0.25, 0.3) is 10.0 Å². The Morgan fingerprint density at radius 2 is 1.71 bits per heavy atom. The van der Waals surface area contributed by atoms with Gasteiger partial charge < -0.3 is 5.73 Å². The number of hydrogen-bond donors (Lipinski definition) is 2. The van der Waals surface area contributed by atoms with Gasteiger partial charge in [-0.2, -0.15) is 0 Å². The number of sulfonamides is 1. The molecule has 0 aliphatic rings. The van der Waals surface area contributed by atoms with Crippen molar-refractivity contribution >= 4 is 69.2 Å². The summed E-state index contributed by atoms with van der Waals surface area (Å²) >= 11 is 9.85. The van der Waals surface area contributed by atoms with E-state index in [4.69, 9.17) is 5.73 Å². The number of nitrogens with two attached hydrogens (primary N) is 1. The highest BCUT2D eigenvalue weighted by atomic mass is 79.9. The van der Waals surface area contributed by atoms with Crippen molar-refractivity contribution in [3.05, 3.63) is 49.3 Å². The van der Waals surface area contributed by atoms with Crippen molar-refractivity contribution in [1.29, 1.82) is 0 Å². The lowest BCUT2D eigenvalue weighted by molar-refractivity contribution is 0.600. The van der Waals surface area contributed by atoms with E-state index in [1.807, 2.05) is 6.92 Å². The van der Waals surface area contributed by atoms with Crippen LogP contribution in [0.15, 0.2) is 48.6 Å². The summed E-state index contributed by atoms with van der Waals surface area (Å²) in [5.41, 5.74) is 7.61. The van der Waals surface area contributed by atoms with Crippen LogP contribution in [0.3, 0.4) is 0 Å². The monoisotopic (exact) mass is 496 g/mol. The molecular weight excluding hydrogens is 488 g/mol. The Morgan fingerprint density at radius 1 is 1.05 bits per heavy atom. The molecule has 0 radical (unpaired) electrons. The Morgan fingerprint density at radius 3 is 2.38 bits per heavy atom. The van der Waals surface area contributed by atoms with E-state index in [2.05, 4.69) is 52.5 Å². The minimum atomic E-state index is -3.73. The van der Waals surface area contributed by atoms with Crippen LogP contribution in [0.25, 0.3) is 0 Å². The zero-order valence-electron chi connectivity index (χ0n) is 10.8. The zero-order chi connectivity index (χ0) is 15.8. The summed E-state index contributed by atoms with van der Waals surface area (Å²) in [6.07, 6.45) is 0. The van der Waals surface area contributed by atoms with E-state index in [0.29, 0.717) is 24.8 Å². The molecule has 21 heavy (non-hydrogen) atoms. The van der Waals surface area contributed by atoms with Crippen LogP contribution >= 0.6 is 47.8 Å². The fraction of sp³-hybridized carbons (Fsp3) is 0.0769. The van der Waals surface area contributed by atoms with Gasteiger partial charge >= 0.3 is 0 Å². The van der Waals surface area contributed by atoms with Crippen LogP contribution in [-0.2, 0) is 10.0 Å². The summed E-state index contributed by atoms with van der Waals surface area (Å²) in [4.78, 5) is 0.142. The Kier molecular flexibility index (Phi) is 5.02. The largest absolute Gasteiger partial charge is 0.398 e. The number of nitrogen functional groups attached to an aromatic ring is 1. The van der Waals surface area contributed by atoms with Gasteiger partial charge in [0.05, 0.1) is 5.69 Å². The molecule has 112 valence electrons. The number of hydrogen-bond acceptors (Lipinski definition) is 3. The lowest BCUT2D eigenvalue weighted by Crippen LogP contribution is -2.14. The molecule has 4 nitrogen and oxygen atoms in total. The Bertz CT molecular complexity index is 807. The molecule has 0 aromatic heterocycles. The van der Waals surface area contributed by atoms with E-state index in [0.717, 1.165) is 5.56 Å². The third-order valence-corrected chi connectivity index (χ3v) is 6.29. The van der Waals surface area contributed by atoms with E-state index >= 15 is 0 Å². The third kappa shape index (κ3) is 3.80. The molecular formula is C13H11Br3N2O2S. The van der Waals surface area contributed by atoms with Crippen LogP contribution in [0.4, 0.5) is 11.4 Å². The molecule has 0 bridgehead atoms. The Labute approximate surface area is 148 Å². The summed E-state index contributed by atoms with van der Waals surface area (Å²) in [7, 11) is -3.73. The molecule has 0 amide bonds. The second-order valence-corrected chi connectivity index (χ2v) is 8.64. The molecule has 0 fully saturated rings. The first-order chi connectivity index (χ1) is 9.70. The topological polar surface area (TPSA) is 72.2 Å². The van der Waals surface area contributed by atoms with Crippen LogP contribution in [0, 0.1) is 6.92 Å². The molecule has 0 heterocycles. The first-order valence-corrected chi connectivity index (χ1v) is 9.60. The minimum absolute atomic E-state index is 0.142. The Balaban J connectivity index is 2.47. The van der Waals surface area contributed by atoms with Crippen LogP contribution < -0.4 is 10.5 Å². The van der Waals surface area contributed by atoms with Gasteiger partial charge in [0.1, 0.15) is 4.90 Å². The maximum absolute atomic E-state index is 12.5. The van der Waals surface area contributed by atoms with E-state index < -0.39 is 10.0 Å². The first kappa shape index (κ1) is 16.8. The number of anilines is 2. The zero-order valence-corrected chi connectivity index (χ0v) is 16.4. The highest BCUT2D eigenvalue weighted by molar-refractivity contribution is 9.11. The van der Waals surface area contributed by atoms with Crippen molar-refractivity contribution in [2.24, 2.45) is 0 Å². The maximum atomic E-state index is 12.5. The predicted molar refractivity (Wildman–Crippen MR) is 95.9 cm³/mol. The van der Waals surface area contributed by atoms with Crippen molar-refractivity contribution in [3.8, 4) is 0 Å². The molecule has 0 saturated carbocycles. The first-order valence-electron chi connectivity index (χ1n) is 5.74. The fourth-order valence-corrected chi connectivity index (χ4v) is 4.91. The summed E-state index contributed by atoms with van der Waals surface area (Å²) in [5, 5.41) is 0. The molecule has 0 atom stereocenters. The highest BCUT2D eigenvalue weighted by Gasteiger charge is 2.19. The standard InChI is InChI=1S/C13H11Br3N2O2S/c1-7-4-10(16)12(6-11(7)17)18-21(19,20)13-5-8(14)2-3-9(13)15/h2-6,18H,17H2,1H3. The number of nitrogens with one attached hydrogen (secondary N) is 1. The van der Waals surface area contributed by atoms with Crippen LogP contribution in [-0.4, -0.2) is 8.42 Å². The molecule has 0 aliphatic carbocycles. The van der Waals surface area contributed by atoms with Crippen molar-refractivity contribution in [3.63, 3.8) is 0 Å². The molecule has 0 aliphatic heterocycles. The number of halogens is 3. The van der Waals surface area contributed by atoms with Crippen LogP contribution in [0.5, 0.6) is 0 Å². The summed E-state index contributed by atoms with van der Waals surface area (Å²) in [6, 6.07) is 8.30. The number of benzene rings is 2. The SMILES string of the molecule is Cc1cc(Br)c(NS(=O)(=O)c2cc(Br)ccc2Br)cc1N. The van der Waals surface area contributed by atoms with E-state index in [1.54, 1.807) is 24.3 Å². The summed E-state index contributed by atoms with van der Waals surface area (Å²) in [6.45, 7) is 1.85. The van der Waals surface area contributed by atoms with Gasteiger partial charge in [-0.05, 0) is 74.7 Å². The second kappa shape index (κ2) is 6.28. The van der Waals surface area contributed by atoms with Gasteiger partial charge in [-0.1, -0.05) is 15.9 Å². The average Bonchev–Trinajstić information content (AvgIpc) is 2.38. The molecule has 2 aromatic rings. The second-order valence-electron chi connectivity index (χ2n) is 4.37. The van der Waals surface area contributed by atoms with Crippen molar-refractivity contribution in [1.82, 2.24) is 0 Å².